The molecule has 2 saturated carbocycles. The van der Waals surface area contributed by atoms with Gasteiger partial charge in [-0.1, -0.05) is 80.6 Å². The number of ketones is 1. The molecule has 1 saturated heterocycles. The molecule has 2 unspecified atom stereocenters. The molecule has 18 nitrogen and oxygen atoms in total. The number of aliphatic carboxylic acids is 1. The summed E-state index contributed by atoms with van der Waals surface area (Å²) in [6.07, 6.45) is -12.7. The molecule has 3 fully saturated rings. The summed E-state index contributed by atoms with van der Waals surface area (Å²) in [6, 6.07) is 22.5. The monoisotopic (exact) mass is 926 g/mol. The van der Waals surface area contributed by atoms with Gasteiger partial charge in [-0.2, -0.15) is 0 Å². The van der Waals surface area contributed by atoms with Crippen LogP contribution >= 0.6 is 0 Å². The van der Waals surface area contributed by atoms with Crippen LogP contribution in [-0.4, -0.2) is 135 Å². The Labute approximate surface area is 385 Å². The lowest BCUT2D eigenvalue weighted by molar-refractivity contribution is -0.345. The number of carbonyl (C=O) groups is 7. The molecule has 2 bridgehead atoms. The van der Waals surface area contributed by atoms with Crippen LogP contribution in [0, 0.1) is 16.7 Å². The third kappa shape index (κ3) is 8.47. The molecular weight excluding hydrogens is 873 g/mol. The number of benzene rings is 3. The van der Waals surface area contributed by atoms with Gasteiger partial charge < -0.3 is 54.3 Å². The molecule has 3 aromatic rings. The fourth-order valence-electron chi connectivity index (χ4n) is 10.5. The average molecular weight is 927 g/mol. The lowest BCUT2D eigenvalue weighted by Gasteiger charge is -2.67. The summed E-state index contributed by atoms with van der Waals surface area (Å²) in [4.78, 5) is 97.5. The molecule has 0 radical (unpaired) electrons. The van der Waals surface area contributed by atoms with Crippen LogP contribution in [0.2, 0.25) is 0 Å². The van der Waals surface area contributed by atoms with Crippen molar-refractivity contribution in [1.29, 1.82) is 0 Å². The van der Waals surface area contributed by atoms with Crippen molar-refractivity contribution in [2.45, 2.75) is 101 Å². The smallest absolute Gasteiger partial charge is 0.411 e. The van der Waals surface area contributed by atoms with E-state index in [4.69, 9.17) is 23.7 Å². The van der Waals surface area contributed by atoms with Gasteiger partial charge in [0.1, 0.15) is 30.5 Å². The Kier molecular flexibility index (Phi) is 13.2. The number of Topliss-reactive ketones (excluding diaryl/α,β-unsaturated/α-hetero) is 1. The largest absolute Gasteiger partial charge is 0.480 e. The van der Waals surface area contributed by atoms with Gasteiger partial charge in [-0.3, -0.25) is 19.2 Å². The second kappa shape index (κ2) is 18.3. The number of ether oxygens (including phenoxy) is 5. The molecule has 4 aliphatic rings. The van der Waals surface area contributed by atoms with Crippen molar-refractivity contribution in [3.63, 3.8) is 0 Å². The maximum Gasteiger partial charge on any atom is 0.411 e. The molecule has 1 aliphatic heterocycles. The number of rotatable bonds is 12. The number of aliphatic hydroxyl groups excluding tert-OH is 2. The van der Waals surface area contributed by atoms with E-state index in [1.54, 1.807) is 66.7 Å². The molecule has 7 rings (SSSR count). The van der Waals surface area contributed by atoms with E-state index in [1.807, 2.05) is 0 Å². The summed E-state index contributed by atoms with van der Waals surface area (Å²) in [5, 5.41) is 50.1. The number of hydrogen-bond donors (Lipinski definition) is 5. The van der Waals surface area contributed by atoms with Crippen molar-refractivity contribution in [2.24, 2.45) is 16.7 Å². The molecule has 1 heterocycles. The van der Waals surface area contributed by atoms with E-state index < -0.39 is 125 Å². The molecule has 18 heteroatoms. The van der Waals surface area contributed by atoms with Crippen molar-refractivity contribution in [3.8, 4) is 0 Å². The number of fused-ring (bicyclic) bond motifs is 5. The van der Waals surface area contributed by atoms with Crippen molar-refractivity contribution in [3.05, 3.63) is 119 Å². The maximum absolute atomic E-state index is 15.8. The Morgan fingerprint density at radius 2 is 1.46 bits per heavy atom. The van der Waals surface area contributed by atoms with E-state index in [1.165, 1.54) is 52.0 Å². The van der Waals surface area contributed by atoms with Gasteiger partial charge in [-0.25, -0.2) is 14.4 Å². The number of carboxylic acids is 1. The third-order valence-corrected chi connectivity index (χ3v) is 14.1. The average Bonchev–Trinajstić information content (AvgIpc) is 3.29. The molecule has 356 valence electrons. The first-order valence-electron chi connectivity index (χ1n) is 21.7. The van der Waals surface area contributed by atoms with Gasteiger partial charge >= 0.3 is 30.0 Å². The van der Waals surface area contributed by atoms with E-state index in [-0.39, 0.29) is 35.3 Å². The van der Waals surface area contributed by atoms with E-state index >= 15 is 4.79 Å². The Morgan fingerprint density at radius 1 is 0.881 bits per heavy atom. The number of esters is 3. The fraction of sp³-hybridized carbons (Fsp3) is 0.449. The lowest BCUT2D eigenvalue weighted by atomic mass is 9.44. The summed E-state index contributed by atoms with van der Waals surface area (Å²) in [7, 11) is 1.12. The number of aliphatic hydroxyl groups is 3. The topological polar surface area (TPSA) is 262 Å². The Hall–Kier alpha value is -6.47. The van der Waals surface area contributed by atoms with Crippen LogP contribution in [-0.2, 0) is 42.9 Å². The minimum atomic E-state index is -2.52. The standard InChI is InChI=1S/C49H54N2O16/c1-26-31(64-44(60)37(56)36(28-16-10-7-11-17-28)50-42(58)29-18-12-8-13-19-29)23-49(62)41(66-43(59)30-20-14-9-15-21-30)39-47(5,32(53)22-33-48(39,25-63-33)67-27(2)52)40(57)38(35(26)46(49,3)4)65-45(61)51(6)24-34(54)55/h7-21,31-33,36-39,41,53,56,62H,22-25H2,1-6H3,(H,50,58)(H,54,55)/t31-,32-,33+,36?,37+,38+,39?,41-,47+,48-,49+/m0/s1. The summed E-state index contributed by atoms with van der Waals surface area (Å²) in [6.45, 7) is 5.60. The number of carbonyl (C=O) groups excluding carboxylic acids is 6. The van der Waals surface area contributed by atoms with Crippen LogP contribution in [0.4, 0.5) is 4.79 Å². The number of carboxylic acid groups (broad SMARTS) is 1. The Balaban J connectivity index is 1.41. The SMILES string of the molecule is CC(=O)O[C@@]12CO[C@@H]1C[C@H](O)[C@@]1(C)C(=O)[C@H](OC(=O)N(C)CC(=O)O)C3=C(C)[C@@H](OC(=O)[C@H](O)C(NC(=O)c4ccccc4)c4ccccc4)C[C@@](O)([C@@H](OC(=O)c4ccccc4)C12)C3(C)C. The minimum absolute atomic E-state index is 0.0185. The van der Waals surface area contributed by atoms with Gasteiger partial charge in [0, 0.05) is 37.8 Å². The van der Waals surface area contributed by atoms with E-state index in [0.29, 0.717) is 10.5 Å². The Bertz CT molecular complexity index is 2460. The van der Waals surface area contributed by atoms with Crippen LogP contribution in [0.5, 0.6) is 0 Å². The molecule has 3 aromatic carbocycles. The number of nitrogens with one attached hydrogen (secondary N) is 1. The van der Waals surface area contributed by atoms with Gasteiger partial charge in [-0.15, -0.1) is 0 Å². The second-order valence-electron chi connectivity index (χ2n) is 18.4. The summed E-state index contributed by atoms with van der Waals surface area (Å²) < 4.78 is 30.4. The van der Waals surface area contributed by atoms with Crippen LogP contribution < -0.4 is 5.32 Å². The highest BCUT2D eigenvalue weighted by Gasteiger charge is 2.78. The second-order valence-corrected chi connectivity index (χ2v) is 18.4. The molecule has 0 spiro atoms. The first kappa shape index (κ1) is 48.5. The van der Waals surface area contributed by atoms with Crippen molar-refractivity contribution >= 4 is 41.7 Å². The zero-order valence-corrected chi connectivity index (χ0v) is 37.7. The van der Waals surface area contributed by atoms with Crippen molar-refractivity contribution in [1.82, 2.24) is 10.2 Å². The predicted molar refractivity (Wildman–Crippen MR) is 233 cm³/mol. The number of hydrogen-bond acceptors (Lipinski definition) is 15. The van der Waals surface area contributed by atoms with Crippen LogP contribution in [0.15, 0.2) is 102 Å². The zero-order valence-electron chi connectivity index (χ0n) is 37.7. The summed E-state index contributed by atoms with van der Waals surface area (Å²) >= 11 is 0. The highest BCUT2D eigenvalue weighted by molar-refractivity contribution is 5.96. The highest BCUT2D eigenvalue weighted by atomic mass is 16.6. The van der Waals surface area contributed by atoms with Crippen molar-refractivity contribution in [2.75, 3.05) is 20.2 Å². The first-order valence-corrected chi connectivity index (χ1v) is 21.7. The molecule has 5 N–H and O–H groups in total. The number of nitrogens with zero attached hydrogens (tertiary/aromatic N) is 1. The molecule has 11 atom stereocenters. The highest BCUT2D eigenvalue weighted by Crippen LogP contribution is 2.64. The first-order chi connectivity index (χ1) is 31.6. The molecular formula is C49H54N2O16. The zero-order chi connectivity index (χ0) is 48.8. The van der Waals surface area contributed by atoms with E-state index in [0.717, 1.165) is 14.0 Å². The molecule has 67 heavy (non-hydrogen) atoms. The molecule has 2 amide bonds. The van der Waals surface area contributed by atoms with Crippen LogP contribution in [0.1, 0.15) is 79.8 Å². The van der Waals surface area contributed by atoms with Gasteiger partial charge in [0.05, 0.1) is 35.6 Å². The quantitative estimate of drug-likeness (QED) is 0.0991. The van der Waals surface area contributed by atoms with E-state index in [2.05, 4.69) is 5.32 Å². The Morgan fingerprint density at radius 3 is 2.01 bits per heavy atom. The third-order valence-electron chi connectivity index (χ3n) is 14.1. The van der Waals surface area contributed by atoms with Gasteiger partial charge in [-0.05, 0) is 54.8 Å². The minimum Gasteiger partial charge on any atom is -0.480 e. The number of amides is 2. The predicted octanol–water partition coefficient (Wildman–Crippen LogP) is 3.33. The maximum atomic E-state index is 15.8. The molecule has 0 aromatic heterocycles. The fourth-order valence-corrected chi connectivity index (χ4v) is 10.5. The summed E-state index contributed by atoms with van der Waals surface area (Å²) in [5.41, 5.74) is -7.97. The number of likely N-dealkylation sites (N-methyl/N-ethyl adjacent to an activating group) is 1. The summed E-state index contributed by atoms with van der Waals surface area (Å²) in [5.74, 6) is -7.86. The van der Waals surface area contributed by atoms with Gasteiger partial charge in [0.25, 0.3) is 5.91 Å². The van der Waals surface area contributed by atoms with Gasteiger partial charge in [0.15, 0.2) is 23.6 Å². The lowest BCUT2D eigenvalue weighted by Crippen LogP contribution is -2.82. The normalized spacial score (nSPS) is 30.3. The van der Waals surface area contributed by atoms with E-state index in [9.17, 15) is 49.2 Å². The molecule has 3 aliphatic carbocycles. The van der Waals surface area contributed by atoms with Gasteiger partial charge in [0.2, 0.25) is 0 Å². The van der Waals surface area contributed by atoms with Crippen molar-refractivity contribution < 1.29 is 77.7 Å². The van der Waals surface area contributed by atoms with Crippen LogP contribution in [0.25, 0.3) is 0 Å². The van der Waals surface area contributed by atoms with Crippen LogP contribution in [0.3, 0.4) is 0 Å².